The van der Waals surface area contributed by atoms with Crippen LogP contribution in [-0.4, -0.2) is 48.7 Å². The first-order valence-corrected chi connectivity index (χ1v) is 6.15. The first-order chi connectivity index (χ1) is 8.63. The fourth-order valence-corrected chi connectivity index (χ4v) is 2.49. The van der Waals surface area contributed by atoms with Gasteiger partial charge < -0.3 is 20.7 Å². The molecule has 98 valence electrons. The van der Waals surface area contributed by atoms with Crippen molar-refractivity contribution in [3.63, 3.8) is 0 Å². The number of nitrogens with two attached hydrogens (primary N) is 1. The largest absolute Gasteiger partial charge is 0.409 e. The van der Waals surface area contributed by atoms with Gasteiger partial charge in [-0.25, -0.2) is 0 Å². The summed E-state index contributed by atoms with van der Waals surface area (Å²) in [6, 6.07) is 8.20. The Morgan fingerprint density at radius 3 is 2.78 bits per heavy atom. The molecule has 1 aliphatic rings. The van der Waals surface area contributed by atoms with Crippen molar-refractivity contribution in [1.29, 1.82) is 0 Å². The Kier molecular flexibility index (Phi) is 3.72. The molecule has 1 saturated heterocycles. The van der Waals surface area contributed by atoms with Gasteiger partial charge in [0, 0.05) is 36.9 Å². The van der Waals surface area contributed by atoms with Crippen molar-refractivity contribution in [1.82, 2.24) is 4.90 Å². The van der Waals surface area contributed by atoms with Crippen molar-refractivity contribution in [3.05, 3.63) is 29.8 Å². The van der Waals surface area contributed by atoms with Crippen LogP contribution in [0.15, 0.2) is 29.4 Å². The Labute approximate surface area is 107 Å². The lowest BCUT2D eigenvalue weighted by atomic mass is 10.1. The number of likely N-dealkylation sites (N-methyl/N-ethyl adjacent to an activating group) is 1. The molecule has 0 aromatic heterocycles. The zero-order valence-electron chi connectivity index (χ0n) is 10.9. The van der Waals surface area contributed by atoms with E-state index in [0.717, 1.165) is 30.9 Å². The van der Waals surface area contributed by atoms with Crippen molar-refractivity contribution in [3.8, 4) is 0 Å². The molecule has 0 aliphatic carbocycles. The topological polar surface area (TPSA) is 65.1 Å². The van der Waals surface area contributed by atoms with Crippen LogP contribution in [0, 0.1) is 0 Å². The number of rotatable bonds is 2. The molecule has 0 bridgehead atoms. The second kappa shape index (κ2) is 5.27. The number of oxime groups is 1. The van der Waals surface area contributed by atoms with E-state index in [-0.39, 0.29) is 5.84 Å². The van der Waals surface area contributed by atoms with Crippen LogP contribution in [0.25, 0.3) is 0 Å². The van der Waals surface area contributed by atoms with E-state index < -0.39 is 0 Å². The quantitative estimate of drug-likeness (QED) is 0.353. The van der Waals surface area contributed by atoms with E-state index in [2.05, 4.69) is 28.9 Å². The van der Waals surface area contributed by atoms with Gasteiger partial charge in [0.15, 0.2) is 5.84 Å². The third-order valence-electron chi connectivity index (χ3n) is 3.43. The van der Waals surface area contributed by atoms with Gasteiger partial charge in [0.05, 0.1) is 0 Å². The van der Waals surface area contributed by atoms with Gasteiger partial charge in [-0.05, 0) is 26.1 Å². The van der Waals surface area contributed by atoms with E-state index >= 15 is 0 Å². The highest BCUT2D eigenvalue weighted by atomic mass is 16.4. The summed E-state index contributed by atoms with van der Waals surface area (Å²) in [7, 11) is 2.13. The van der Waals surface area contributed by atoms with E-state index in [1.807, 2.05) is 24.3 Å². The van der Waals surface area contributed by atoms with Gasteiger partial charge in [-0.3, -0.25) is 0 Å². The molecule has 1 fully saturated rings. The monoisotopic (exact) mass is 248 g/mol. The van der Waals surface area contributed by atoms with Crippen LogP contribution in [0.5, 0.6) is 0 Å². The highest BCUT2D eigenvalue weighted by Crippen LogP contribution is 2.24. The molecule has 1 unspecified atom stereocenters. The minimum absolute atomic E-state index is 0.164. The van der Waals surface area contributed by atoms with Crippen molar-refractivity contribution < 1.29 is 5.21 Å². The van der Waals surface area contributed by atoms with E-state index in [0.29, 0.717) is 6.04 Å². The number of hydrogen-bond donors (Lipinski definition) is 2. The highest BCUT2D eigenvalue weighted by Gasteiger charge is 2.24. The molecule has 0 amide bonds. The summed E-state index contributed by atoms with van der Waals surface area (Å²) in [5, 5.41) is 12.0. The normalized spacial score (nSPS) is 22.2. The van der Waals surface area contributed by atoms with Crippen LogP contribution in [-0.2, 0) is 0 Å². The van der Waals surface area contributed by atoms with E-state index in [1.54, 1.807) is 0 Å². The molecule has 2 rings (SSSR count). The van der Waals surface area contributed by atoms with Gasteiger partial charge >= 0.3 is 0 Å². The van der Waals surface area contributed by atoms with Crippen molar-refractivity contribution >= 4 is 11.5 Å². The zero-order chi connectivity index (χ0) is 13.1. The molecular formula is C13H20N4O. The number of benzene rings is 1. The number of nitrogens with zero attached hydrogens (tertiary/aromatic N) is 3. The molecular weight excluding hydrogens is 228 g/mol. The summed E-state index contributed by atoms with van der Waals surface area (Å²) in [6.07, 6.45) is 0. The average Bonchev–Trinajstić information content (AvgIpc) is 2.38. The third-order valence-corrected chi connectivity index (χ3v) is 3.43. The molecule has 3 N–H and O–H groups in total. The molecule has 1 atom stereocenters. The number of hydrogen-bond acceptors (Lipinski definition) is 4. The molecule has 18 heavy (non-hydrogen) atoms. The van der Waals surface area contributed by atoms with Crippen LogP contribution in [0.2, 0.25) is 0 Å². The molecule has 0 spiro atoms. The second-order valence-electron chi connectivity index (χ2n) is 4.81. The van der Waals surface area contributed by atoms with Gasteiger partial charge in [0.2, 0.25) is 0 Å². The van der Waals surface area contributed by atoms with E-state index in [1.165, 1.54) is 0 Å². The van der Waals surface area contributed by atoms with Crippen LogP contribution in [0.3, 0.4) is 0 Å². The lowest BCUT2D eigenvalue weighted by Gasteiger charge is -2.40. The molecule has 1 aromatic rings. The van der Waals surface area contributed by atoms with Crippen LogP contribution < -0.4 is 10.6 Å². The van der Waals surface area contributed by atoms with Gasteiger partial charge in [-0.2, -0.15) is 0 Å². The first-order valence-electron chi connectivity index (χ1n) is 6.15. The lowest BCUT2D eigenvalue weighted by Crippen LogP contribution is -2.51. The molecule has 5 nitrogen and oxygen atoms in total. The summed E-state index contributed by atoms with van der Waals surface area (Å²) in [6.45, 7) is 5.19. The van der Waals surface area contributed by atoms with Gasteiger partial charge in [-0.15, -0.1) is 0 Å². The van der Waals surface area contributed by atoms with Gasteiger partial charge in [0.1, 0.15) is 0 Å². The number of piperazine rings is 1. The summed E-state index contributed by atoms with van der Waals surface area (Å²) in [4.78, 5) is 4.63. The summed E-state index contributed by atoms with van der Waals surface area (Å²) >= 11 is 0. The van der Waals surface area contributed by atoms with Gasteiger partial charge in [-0.1, -0.05) is 17.3 Å². The smallest absolute Gasteiger partial charge is 0.172 e. The lowest BCUT2D eigenvalue weighted by molar-refractivity contribution is 0.275. The van der Waals surface area contributed by atoms with Crippen molar-refractivity contribution in [2.24, 2.45) is 10.9 Å². The van der Waals surface area contributed by atoms with Crippen LogP contribution in [0.1, 0.15) is 12.5 Å². The molecule has 0 saturated carbocycles. The maximum absolute atomic E-state index is 8.86. The Hall–Kier alpha value is -1.75. The van der Waals surface area contributed by atoms with Gasteiger partial charge in [0.25, 0.3) is 0 Å². The Bertz CT molecular complexity index is 446. The maximum Gasteiger partial charge on any atom is 0.172 e. The molecule has 1 aliphatic heterocycles. The zero-order valence-corrected chi connectivity index (χ0v) is 10.9. The summed E-state index contributed by atoms with van der Waals surface area (Å²) in [5.74, 6) is 0.164. The molecule has 1 aromatic carbocycles. The first kappa shape index (κ1) is 12.7. The Morgan fingerprint density at radius 1 is 1.39 bits per heavy atom. The number of para-hydroxylation sites is 1. The Balaban J connectivity index is 2.33. The number of amidine groups is 1. The van der Waals surface area contributed by atoms with Crippen LogP contribution >= 0.6 is 0 Å². The fourth-order valence-electron chi connectivity index (χ4n) is 2.49. The van der Waals surface area contributed by atoms with Crippen molar-refractivity contribution in [2.75, 3.05) is 31.6 Å². The van der Waals surface area contributed by atoms with E-state index in [9.17, 15) is 0 Å². The molecule has 0 radical (unpaired) electrons. The molecule has 5 heteroatoms. The standard InChI is InChI=1S/C13H20N4O/c1-10-9-16(2)7-8-17(10)12-6-4-3-5-11(12)13(14)15-18/h3-6,10,18H,7-9H2,1-2H3,(H2,14,15). The second-order valence-corrected chi connectivity index (χ2v) is 4.81. The summed E-state index contributed by atoms with van der Waals surface area (Å²) < 4.78 is 0. The predicted molar refractivity (Wildman–Crippen MR) is 73.3 cm³/mol. The van der Waals surface area contributed by atoms with E-state index in [4.69, 9.17) is 10.9 Å². The SMILES string of the molecule is CC1CN(C)CCN1c1ccccc1/C(N)=N/O. The minimum Gasteiger partial charge on any atom is -0.409 e. The number of anilines is 1. The minimum atomic E-state index is 0.164. The average molecular weight is 248 g/mol. The fraction of sp³-hybridized carbons (Fsp3) is 0.462. The third kappa shape index (κ3) is 2.41. The van der Waals surface area contributed by atoms with Crippen molar-refractivity contribution in [2.45, 2.75) is 13.0 Å². The predicted octanol–water partition coefficient (Wildman–Crippen LogP) is 0.921. The molecule has 1 heterocycles. The highest BCUT2D eigenvalue weighted by molar-refractivity contribution is 6.02. The van der Waals surface area contributed by atoms with Crippen LogP contribution in [0.4, 0.5) is 5.69 Å². The summed E-state index contributed by atoms with van der Waals surface area (Å²) in [5.41, 5.74) is 7.56. The Morgan fingerprint density at radius 2 is 2.11 bits per heavy atom. The maximum atomic E-state index is 8.86.